The van der Waals surface area contributed by atoms with Gasteiger partial charge in [-0.2, -0.15) is 5.10 Å². The summed E-state index contributed by atoms with van der Waals surface area (Å²) >= 11 is 0. The molecule has 0 unspecified atom stereocenters. The van der Waals surface area contributed by atoms with Gasteiger partial charge >= 0.3 is 5.88 Å². The molecule has 2 amide bonds. The second-order valence-corrected chi connectivity index (χ2v) is 3.22. The number of primary amides is 1. The van der Waals surface area contributed by atoms with Gasteiger partial charge in [-0.15, -0.1) is 0 Å². The average Bonchev–Trinajstić information content (AvgIpc) is 2.72. The van der Waals surface area contributed by atoms with E-state index in [0.29, 0.717) is 0 Å². The van der Waals surface area contributed by atoms with Gasteiger partial charge in [0.05, 0.1) is 12.3 Å². The summed E-state index contributed by atoms with van der Waals surface area (Å²) in [4.78, 5) is 31.4. The molecule has 0 saturated heterocycles. The van der Waals surface area contributed by atoms with Crippen LogP contribution >= 0.6 is 0 Å². The minimum Gasteiger partial charge on any atom is -0.400 e. The molecule has 96 valence electrons. The van der Waals surface area contributed by atoms with Crippen LogP contribution in [0.5, 0.6) is 0 Å². The van der Waals surface area contributed by atoms with Gasteiger partial charge in [-0.25, -0.2) is 5.01 Å². The first-order chi connectivity index (χ1) is 8.40. The van der Waals surface area contributed by atoms with E-state index in [2.05, 4.69) is 5.10 Å². The third-order valence-electron chi connectivity index (χ3n) is 1.79. The minimum absolute atomic E-state index is 0.0809. The maximum Gasteiger partial charge on any atom is 0.433 e. The fourth-order valence-electron chi connectivity index (χ4n) is 1.02. The number of amides is 2. The van der Waals surface area contributed by atoms with Crippen molar-refractivity contribution in [2.75, 3.05) is 6.54 Å². The first-order valence-corrected chi connectivity index (χ1v) is 4.74. The van der Waals surface area contributed by atoms with Crippen molar-refractivity contribution < 1.29 is 18.9 Å². The number of hydrogen-bond acceptors (Lipinski definition) is 6. The molecule has 0 aliphatic heterocycles. The highest BCUT2D eigenvalue weighted by molar-refractivity contribution is 5.84. The van der Waals surface area contributed by atoms with Crippen LogP contribution in [0.3, 0.4) is 0 Å². The van der Waals surface area contributed by atoms with E-state index in [-0.39, 0.29) is 12.3 Å². The molecule has 0 aliphatic rings. The maximum atomic E-state index is 11.1. The van der Waals surface area contributed by atoms with Crippen molar-refractivity contribution in [2.45, 2.75) is 6.92 Å². The molecule has 0 atom stereocenters. The number of carbonyl (C=O) groups is 2. The molecule has 1 aromatic heterocycles. The van der Waals surface area contributed by atoms with E-state index in [1.807, 2.05) is 0 Å². The normalized spacial score (nSPS) is 10.5. The molecule has 9 heteroatoms. The molecule has 1 rings (SSSR count). The third kappa shape index (κ3) is 3.70. The first-order valence-electron chi connectivity index (χ1n) is 4.74. The van der Waals surface area contributed by atoms with E-state index >= 15 is 0 Å². The Morgan fingerprint density at radius 2 is 2.28 bits per heavy atom. The number of nitrogens with two attached hydrogens (primary N) is 1. The predicted molar refractivity (Wildman–Crippen MR) is 59.5 cm³/mol. The zero-order chi connectivity index (χ0) is 13.7. The molecule has 0 saturated carbocycles. The summed E-state index contributed by atoms with van der Waals surface area (Å²) in [5.41, 5.74) is 4.92. The highest BCUT2D eigenvalue weighted by Crippen LogP contribution is 2.13. The molecule has 9 nitrogen and oxygen atoms in total. The Kier molecular flexibility index (Phi) is 4.13. The highest BCUT2D eigenvalue weighted by atomic mass is 16.6. The van der Waals surface area contributed by atoms with Crippen molar-refractivity contribution in [3.05, 3.63) is 28.0 Å². The van der Waals surface area contributed by atoms with Gasteiger partial charge in [0.2, 0.25) is 11.8 Å². The Labute approximate surface area is 101 Å². The molecule has 0 radical (unpaired) electrons. The average molecular weight is 254 g/mol. The molecule has 1 aromatic rings. The van der Waals surface area contributed by atoms with Crippen molar-refractivity contribution in [3.8, 4) is 0 Å². The summed E-state index contributed by atoms with van der Waals surface area (Å²) < 4.78 is 4.78. The van der Waals surface area contributed by atoms with Gasteiger partial charge in [0.15, 0.2) is 5.76 Å². The number of rotatable bonds is 5. The Balaban J connectivity index is 2.78. The van der Waals surface area contributed by atoms with Crippen molar-refractivity contribution in [3.63, 3.8) is 0 Å². The van der Waals surface area contributed by atoms with Gasteiger partial charge in [0.1, 0.15) is 11.5 Å². The van der Waals surface area contributed by atoms with Crippen molar-refractivity contribution in [1.29, 1.82) is 0 Å². The summed E-state index contributed by atoms with van der Waals surface area (Å²) in [6.45, 7) is 0.819. The fourth-order valence-corrected chi connectivity index (χ4v) is 1.02. The number of carbonyl (C=O) groups excluding carboxylic acids is 2. The lowest BCUT2D eigenvalue weighted by Gasteiger charge is -2.11. The lowest BCUT2D eigenvalue weighted by atomic mass is 10.5. The number of hydrogen-bond donors (Lipinski definition) is 1. The Morgan fingerprint density at radius 1 is 1.61 bits per heavy atom. The van der Waals surface area contributed by atoms with Crippen LogP contribution in [0.15, 0.2) is 21.7 Å². The van der Waals surface area contributed by atoms with Gasteiger partial charge in [-0.05, 0) is 6.07 Å². The van der Waals surface area contributed by atoms with Crippen molar-refractivity contribution in [1.82, 2.24) is 5.01 Å². The molecule has 0 aromatic carbocycles. The van der Waals surface area contributed by atoms with E-state index in [1.165, 1.54) is 13.0 Å². The topological polar surface area (TPSA) is 132 Å². The minimum atomic E-state index is -0.729. The first kappa shape index (κ1) is 13.4. The Bertz CT molecular complexity index is 507. The fraction of sp³-hybridized carbons (Fsp3) is 0.222. The van der Waals surface area contributed by atoms with Crippen LogP contribution in [-0.4, -0.2) is 34.5 Å². The van der Waals surface area contributed by atoms with E-state index in [0.717, 1.165) is 17.3 Å². The van der Waals surface area contributed by atoms with E-state index in [4.69, 9.17) is 10.2 Å². The van der Waals surface area contributed by atoms with E-state index in [1.54, 1.807) is 0 Å². The van der Waals surface area contributed by atoms with Crippen LogP contribution < -0.4 is 5.73 Å². The largest absolute Gasteiger partial charge is 0.433 e. The van der Waals surface area contributed by atoms with Gasteiger partial charge in [0, 0.05) is 6.92 Å². The predicted octanol–water partition coefficient (Wildman–Crippen LogP) is -0.145. The van der Waals surface area contributed by atoms with Crippen LogP contribution in [0.4, 0.5) is 5.88 Å². The highest BCUT2D eigenvalue weighted by Gasteiger charge is 2.12. The number of nitrogens with zero attached hydrogens (tertiary/aromatic N) is 3. The zero-order valence-electron chi connectivity index (χ0n) is 9.40. The summed E-state index contributed by atoms with van der Waals surface area (Å²) in [6.07, 6.45) is 1.08. The quantitative estimate of drug-likeness (QED) is 0.443. The van der Waals surface area contributed by atoms with Crippen LogP contribution in [0, 0.1) is 10.1 Å². The monoisotopic (exact) mass is 254 g/mol. The molecule has 0 spiro atoms. The molecule has 0 aliphatic carbocycles. The molecular weight excluding hydrogens is 244 g/mol. The molecule has 0 bridgehead atoms. The standard InChI is InChI=1S/C9H10N4O5/c1-6(14)12(5-8(10)15)11-4-7-2-3-9(18-7)13(16)17/h2-4H,5H2,1H3,(H2,10,15). The molecule has 1 heterocycles. The number of nitro groups is 1. The second-order valence-electron chi connectivity index (χ2n) is 3.22. The van der Waals surface area contributed by atoms with Crippen LogP contribution in [0.2, 0.25) is 0 Å². The maximum absolute atomic E-state index is 11.1. The van der Waals surface area contributed by atoms with Gasteiger partial charge in [-0.3, -0.25) is 19.7 Å². The molecule has 18 heavy (non-hydrogen) atoms. The lowest BCUT2D eigenvalue weighted by molar-refractivity contribution is -0.402. The van der Waals surface area contributed by atoms with Gasteiger partial charge in [-0.1, -0.05) is 0 Å². The summed E-state index contributed by atoms with van der Waals surface area (Å²) in [7, 11) is 0. The van der Waals surface area contributed by atoms with E-state index < -0.39 is 22.6 Å². The number of hydrazone groups is 1. The molecule has 2 N–H and O–H groups in total. The van der Waals surface area contributed by atoms with Crippen LogP contribution in [0.1, 0.15) is 12.7 Å². The summed E-state index contributed by atoms with van der Waals surface area (Å²) in [5, 5.41) is 14.8. The summed E-state index contributed by atoms with van der Waals surface area (Å²) in [6, 6.07) is 2.46. The smallest absolute Gasteiger partial charge is 0.400 e. The van der Waals surface area contributed by atoms with E-state index in [9.17, 15) is 19.7 Å². The van der Waals surface area contributed by atoms with Crippen molar-refractivity contribution >= 4 is 23.9 Å². The zero-order valence-corrected chi connectivity index (χ0v) is 9.40. The third-order valence-corrected chi connectivity index (χ3v) is 1.79. The summed E-state index contributed by atoms with van der Waals surface area (Å²) in [5.74, 6) is -1.59. The van der Waals surface area contributed by atoms with Crippen molar-refractivity contribution in [2.24, 2.45) is 10.8 Å². The van der Waals surface area contributed by atoms with Crippen LogP contribution in [-0.2, 0) is 9.59 Å². The Hall–Kier alpha value is -2.71. The number of furan rings is 1. The Morgan fingerprint density at radius 3 is 2.72 bits per heavy atom. The molecular formula is C9H10N4O5. The van der Waals surface area contributed by atoms with Gasteiger partial charge in [0.25, 0.3) is 0 Å². The lowest BCUT2D eigenvalue weighted by Crippen LogP contribution is -2.33. The van der Waals surface area contributed by atoms with Crippen LogP contribution in [0.25, 0.3) is 0 Å². The SMILES string of the molecule is CC(=O)N(CC(N)=O)N=Cc1ccc([N+](=O)[O-])o1. The molecule has 0 fully saturated rings. The second kappa shape index (κ2) is 5.57. The van der Waals surface area contributed by atoms with Gasteiger partial charge < -0.3 is 10.2 Å².